The molecular formula is C28H18F8O3. The summed E-state index contributed by atoms with van der Waals surface area (Å²) in [6, 6.07) is 13.1. The van der Waals surface area contributed by atoms with E-state index in [0.717, 1.165) is 23.8 Å². The fourth-order valence-corrected chi connectivity index (χ4v) is 3.67. The Hall–Kier alpha value is -4.28. The molecule has 0 aliphatic carbocycles. The van der Waals surface area contributed by atoms with Gasteiger partial charge in [-0.05, 0) is 53.3 Å². The Bertz CT molecular complexity index is 1470. The fourth-order valence-electron chi connectivity index (χ4n) is 3.67. The van der Waals surface area contributed by atoms with Crippen molar-refractivity contribution >= 4 is 0 Å². The van der Waals surface area contributed by atoms with Crippen LogP contribution in [0.5, 0.6) is 17.2 Å². The van der Waals surface area contributed by atoms with E-state index in [0.29, 0.717) is 17.5 Å². The third kappa shape index (κ3) is 6.60. The van der Waals surface area contributed by atoms with E-state index in [1.807, 2.05) is 0 Å². The van der Waals surface area contributed by atoms with Crippen LogP contribution < -0.4 is 9.47 Å². The molecule has 0 aliphatic rings. The van der Waals surface area contributed by atoms with E-state index in [9.17, 15) is 40.2 Å². The molecule has 0 fully saturated rings. The lowest BCUT2D eigenvalue weighted by atomic mass is 10.00. The van der Waals surface area contributed by atoms with Crippen LogP contribution in [0.2, 0.25) is 0 Å². The maximum absolute atomic E-state index is 14.5. The first-order chi connectivity index (χ1) is 18.4. The average molecular weight is 554 g/mol. The van der Waals surface area contributed by atoms with E-state index in [2.05, 4.69) is 4.74 Å². The van der Waals surface area contributed by atoms with E-state index < -0.39 is 64.9 Å². The Morgan fingerprint density at radius 1 is 0.641 bits per heavy atom. The first-order valence-corrected chi connectivity index (χ1v) is 11.3. The summed E-state index contributed by atoms with van der Waals surface area (Å²) in [5, 5.41) is 9.21. The number of hydrogen-bond donors (Lipinski definition) is 1. The van der Waals surface area contributed by atoms with Crippen molar-refractivity contribution in [3.63, 3.8) is 0 Å². The van der Waals surface area contributed by atoms with Crippen molar-refractivity contribution in [1.82, 2.24) is 0 Å². The molecule has 0 aromatic heterocycles. The Labute approximate surface area is 216 Å². The standard InChI is InChI=1S/C28H18F8O3/c29-20-11-18(16-4-1-15(2-5-16)3-6-17-7-9-23(37)27(34)25(17)32)8-10-24(20)38-14-28(35,36)39-19-12-21(30)26(33)22(31)13-19/h1-2,4-5,7-13,37H,3,6,14H2. The lowest BCUT2D eigenvalue weighted by molar-refractivity contribution is -0.196. The first-order valence-electron chi connectivity index (χ1n) is 11.3. The normalized spacial score (nSPS) is 11.5. The number of benzene rings is 4. The zero-order valence-electron chi connectivity index (χ0n) is 19.8. The van der Waals surface area contributed by atoms with Gasteiger partial charge in [0, 0.05) is 12.1 Å². The first kappa shape index (κ1) is 27.7. The third-order valence-electron chi connectivity index (χ3n) is 5.66. The molecule has 3 nitrogen and oxygen atoms in total. The van der Waals surface area contributed by atoms with Gasteiger partial charge in [-0.1, -0.05) is 36.4 Å². The molecule has 0 saturated carbocycles. The second-order valence-electron chi connectivity index (χ2n) is 8.44. The van der Waals surface area contributed by atoms with E-state index in [4.69, 9.17) is 4.74 Å². The summed E-state index contributed by atoms with van der Waals surface area (Å²) in [5.74, 6) is -11.0. The summed E-state index contributed by atoms with van der Waals surface area (Å²) >= 11 is 0. The third-order valence-corrected chi connectivity index (χ3v) is 5.66. The number of halogens is 8. The molecule has 0 radical (unpaired) electrons. The van der Waals surface area contributed by atoms with Crippen LogP contribution in [0.25, 0.3) is 11.1 Å². The largest absolute Gasteiger partial charge is 0.505 e. The van der Waals surface area contributed by atoms with Crippen LogP contribution in [0.4, 0.5) is 35.1 Å². The number of aromatic hydroxyl groups is 1. The molecule has 4 aromatic rings. The van der Waals surface area contributed by atoms with E-state index in [1.165, 1.54) is 12.1 Å². The van der Waals surface area contributed by atoms with Crippen molar-refractivity contribution in [2.24, 2.45) is 0 Å². The highest BCUT2D eigenvalue weighted by Gasteiger charge is 2.34. The summed E-state index contributed by atoms with van der Waals surface area (Å²) in [6.45, 7) is -1.51. The average Bonchev–Trinajstić information content (AvgIpc) is 2.89. The predicted molar refractivity (Wildman–Crippen MR) is 125 cm³/mol. The van der Waals surface area contributed by atoms with Gasteiger partial charge < -0.3 is 14.6 Å². The lowest BCUT2D eigenvalue weighted by Gasteiger charge is -2.19. The van der Waals surface area contributed by atoms with Gasteiger partial charge in [0.05, 0.1) is 0 Å². The quantitative estimate of drug-likeness (QED) is 0.170. The van der Waals surface area contributed by atoms with Crippen LogP contribution >= 0.6 is 0 Å². The number of rotatable bonds is 9. The molecule has 0 bridgehead atoms. The SMILES string of the molecule is Oc1ccc(CCc2ccc(-c3ccc(OCC(F)(F)Oc4cc(F)c(F)c(F)c4)c(F)c3)cc2)c(F)c1F. The van der Waals surface area contributed by atoms with Gasteiger partial charge in [-0.2, -0.15) is 13.2 Å². The molecule has 11 heteroatoms. The second-order valence-corrected chi connectivity index (χ2v) is 8.44. The molecule has 0 heterocycles. The van der Waals surface area contributed by atoms with Gasteiger partial charge in [0.2, 0.25) is 5.82 Å². The van der Waals surface area contributed by atoms with Gasteiger partial charge in [-0.25, -0.2) is 22.0 Å². The molecule has 0 spiro atoms. The van der Waals surface area contributed by atoms with Crippen molar-refractivity contribution in [2.75, 3.05) is 6.61 Å². The molecule has 1 N–H and O–H groups in total. The van der Waals surface area contributed by atoms with Crippen LogP contribution in [0.3, 0.4) is 0 Å². The molecule has 0 saturated heterocycles. The highest BCUT2D eigenvalue weighted by Crippen LogP contribution is 2.30. The summed E-state index contributed by atoms with van der Waals surface area (Å²) < 4.78 is 118. The number of phenolic OH excluding ortho intramolecular Hbond substituents is 1. The molecular weight excluding hydrogens is 536 g/mol. The molecule has 204 valence electrons. The highest BCUT2D eigenvalue weighted by molar-refractivity contribution is 5.64. The van der Waals surface area contributed by atoms with E-state index in [1.54, 1.807) is 24.3 Å². The smallest absolute Gasteiger partial charge is 0.433 e. The topological polar surface area (TPSA) is 38.7 Å². The van der Waals surface area contributed by atoms with Crippen molar-refractivity contribution in [3.8, 4) is 28.4 Å². The van der Waals surface area contributed by atoms with Crippen LogP contribution in [0, 0.1) is 34.9 Å². The molecule has 0 amide bonds. The highest BCUT2D eigenvalue weighted by atomic mass is 19.3. The number of aryl methyl sites for hydroxylation is 2. The summed E-state index contributed by atoms with van der Waals surface area (Å²) in [4.78, 5) is 0. The van der Waals surface area contributed by atoms with Gasteiger partial charge >= 0.3 is 6.11 Å². The van der Waals surface area contributed by atoms with E-state index in [-0.39, 0.29) is 24.1 Å². The van der Waals surface area contributed by atoms with Crippen molar-refractivity contribution in [3.05, 3.63) is 113 Å². The minimum atomic E-state index is -4.13. The van der Waals surface area contributed by atoms with Gasteiger partial charge in [0.15, 0.2) is 47.2 Å². The minimum Gasteiger partial charge on any atom is -0.505 e. The zero-order valence-corrected chi connectivity index (χ0v) is 19.8. The number of phenols is 1. The fraction of sp³-hybridized carbons (Fsp3) is 0.143. The van der Waals surface area contributed by atoms with Crippen LogP contribution in [-0.2, 0) is 12.8 Å². The number of alkyl halides is 2. The van der Waals surface area contributed by atoms with Gasteiger partial charge in [-0.15, -0.1) is 0 Å². The molecule has 4 rings (SSSR count). The number of ether oxygens (including phenoxy) is 2. The second kappa shape index (κ2) is 11.2. The van der Waals surface area contributed by atoms with Crippen molar-refractivity contribution in [1.29, 1.82) is 0 Å². The summed E-state index contributed by atoms with van der Waals surface area (Å²) in [6.07, 6.45) is -3.61. The van der Waals surface area contributed by atoms with Gasteiger partial charge in [0.25, 0.3) is 0 Å². The van der Waals surface area contributed by atoms with Crippen LogP contribution in [0.15, 0.2) is 66.7 Å². The Morgan fingerprint density at radius 2 is 1.28 bits per heavy atom. The van der Waals surface area contributed by atoms with Gasteiger partial charge in [0.1, 0.15) is 5.75 Å². The summed E-state index contributed by atoms with van der Waals surface area (Å²) in [7, 11) is 0. The van der Waals surface area contributed by atoms with Crippen molar-refractivity contribution in [2.45, 2.75) is 19.0 Å². The Balaban J connectivity index is 1.37. The zero-order chi connectivity index (χ0) is 28.3. The Kier molecular flexibility index (Phi) is 7.98. The molecule has 0 atom stereocenters. The maximum Gasteiger partial charge on any atom is 0.433 e. The van der Waals surface area contributed by atoms with E-state index >= 15 is 0 Å². The molecule has 0 unspecified atom stereocenters. The molecule has 39 heavy (non-hydrogen) atoms. The van der Waals surface area contributed by atoms with Crippen LogP contribution in [0.1, 0.15) is 11.1 Å². The summed E-state index contributed by atoms with van der Waals surface area (Å²) in [5.41, 5.74) is 1.83. The minimum absolute atomic E-state index is 0.0972. The van der Waals surface area contributed by atoms with Crippen molar-refractivity contribution < 1.29 is 49.7 Å². The molecule has 0 aliphatic heterocycles. The predicted octanol–water partition coefficient (Wildman–Crippen LogP) is 7.73. The maximum atomic E-state index is 14.5. The lowest BCUT2D eigenvalue weighted by Crippen LogP contribution is -2.32. The van der Waals surface area contributed by atoms with Gasteiger partial charge in [-0.3, -0.25) is 0 Å². The Morgan fingerprint density at radius 3 is 1.92 bits per heavy atom. The number of hydrogen-bond acceptors (Lipinski definition) is 3. The monoisotopic (exact) mass is 554 g/mol. The molecule has 4 aromatic carbocycles. The van der Waals surface area contributed by atoms with Crippen LogP contribution in [-0.4, -0.2) is 17.8 Å².